The van der Waals surface area contributed by atoms with Gasteiger partial charge in [-0.25, -0.2) is 9.37 Å². The first kappa shape index (κ1) is 15.1. The molecule has 0 atom stereocenters. The van der Waals surface area contributed by atoms with Gasteiger partial charge in [0.05, 0.1) is 16.1 Å². The van der Waals surface area contributed by atoms with Crippen molar-refractivity contribution in [3.63, 3.8) is 0 Å². The molecule has 1 aliphatic rings. The first-order valence-electron chi connectivity index (χ1n) is 7.78. The van der Waals surface area contributed by atoms with Crippen LogP contribution in [0.3, 0.4) is 0 Å². The molecule has 1 amide bonds. The summed E-state index contributed by atoms with van der Waals surface area (Å²) in [7, 11) is 0. The van der Waals surface area contributed by atoms with Crippen LogP contribution in [0.5, 0.6) is 0 Å². The summed E-state index contributed by atoms with van der Waals surface area (Å²) in [6.07, 6.45) is 0. The number of rotatable bonds is 3. The highest BCUT2D eigenvalue weighted by Crippen LogP contribution is 2.33. The Labute approximate surface area is 142 Å². The Bertz CT molecular complexity index is 885. The van der Waals surface area contributed by atoms with Gasteiger partial charge in [0.25, 0.3) is 0 Å². The summed E-state index contributed by atoms with van der Waals surface area (Å²) in [6.45, 7) is 2.97. The molecule has 2 aromatic carbocycles. The van der Waals surface area contributed by atoms with Crippen LogP contribution < -0.4 is 10.2 Å². The Balaban J connectivity index is 1.39. The number of fused-ring (bicyclic) bond motifs is 1. The lowest BCUT2D eigenvalue weighted by Crippen LogP contribution is -2.52. The lowest BCUT2D eigenvalue weighted by Gasteiger charge is -2.37. The zero-order valence-electron chi connectivity index (χ0n) is 13.1. The van der Waals surface area contributed by atoms with Crippen LogP contribution in [0, 0.1) is 18.7 Å². The third kappa shape index (κ3) is 2.73. The van der Waals surface area contributed by atoms with Gasteiger partial charge >= 0.3 is 0 Å². The summed E-state index contributed by atoms with van der Waals surface area (Å²) in [6, 6.07) is 12.8. The van der Waals surface area contributed by atoms with E-state index in [2.05, 4.69) is 15.2 Å². The molecule has 1 saturated heterocycles. The summed E-state index contributed by atoms with van der Waals surface area (Å²) < 4.78 is 14.7. The zero-order chi connectivity index (χ0) is 16.7. The molecule has 0 aliphatic carbocycles. The molecular formula is C18H16FN3OS. The highest BCUT2D eigenvalue weighted by atomic mass is 32.1. The SMILES string of the molecule is Cc1ccc(NC(=O)C2CN(c3nc4ccccc4s3)C2)cc1F. The molecule has 1 N–H and O–H groups in total. The molecule has 0 saturated carbocycles. The van der Waals surface area contributed by atoms with Crippen molar-refractivity contribution in [2.24, 2.45) is 5.92 Å². The Kier molecular flexibility index (Phi) is 3.69. The van der Waals surface area contributed by atoms with Crippen LogP contribution in [-0.4, -0.2) is 24.0 Å². The highest BCUT2D eigenvalue weighted by Gasteiger charge is 2.34. The fraction of sp³-hybridized carbons (Fsp3) is 0.222. The molecule has 6 heteroatoms. The predicted octanol–water partition coefficient (Wildman–Crippen LogP) is 3.82. The van der Waals surface area contributed by atoms with Gasteiger partial charge in [-0.15, -0.1) is 0 Å². The van der Waals surface area contributed by atoms with Gasteiger partial charge in [-0.1, -0.05) is 29.5 Å². The molecular weight excluding hydrogens is 325 g/mol. The minimum Gasteiger partial charge on any atom is -0.346 e. The van der Waals surface area contributed by atoms with Gasteiger partial charge < -0.3 is 10.2 Å². The number of thiazole rings is 1. The minimum atomic E-state index is -0.308. The number of aromatic nitrogens is 1. The molecule has 1 fully saturated rings. The molecule has 24 heavy (non-hydrogen) atoms. The number of carbonyl (C=O) groups excluding carboxylic acids is 1. The number of anilines is 2. The van der Waals surface area contributed by atoms with E-state index in [0.717, 1.165) is 15.3 Å². The molecule has 0 bridgehead atoms. The van der Waals surface area contributed by atoms with Gasteiger partial charge in [0.2, 0.25) is 5.91 Å². The first-order chi connectivity index (χ1) is 11.6. The molecule has 122 valence electrons. The number of amides is 1. The second kappa shape index (κ2) is 5.87. The van der Waals surface area contributed by atoms with Gasteiger partial charge in [-0.05, 0) is 36.8 Å². The van der Waals surface area contributed by atoms with E-state index in [0.29, 0.717) is 24.3 Å². The van der Waals surface area contributed by atoms with E-state index in [1.807, 2.05) is 24.3 Å². The zero-order valence-corrected chi connectivity index (χ0v) is 13.9. The highest BCUT2D eigenvalue weighted by molar-refractivity contribution is 7.22. The van der Waals surface area contributed by atoms with Crippen LogP contribution in [0.25, 0.3) is 10.2 Å². The summed E-state index contributed by atoms with van der Waals surface area (Å²) in [5, 5.41) is 3.73. The Hall–Kier alpha value is -2.47. The normalized spacial score (nSPS) is 14.7. The number of carbonyl (C=O) groups is 1. The molecule has 4 nitrogen and oxygen atoms in total. The summed E-state index contributed by atoms with van der Waals surface area (Å²) in [5.74, 6) is -0.477. The monoisotopic (exact) mass is 341 g/mol. The largest absolute Gasteiger partial charge is 0.346 e. The lowest BCUT2D eigenvalue weighted by molar-refractivity contribution is -0.120. The Morgan fingerprint density at radius 1 is 1.29 bits per heavy atom. The van der Waals surface area contributed by atoms with Gasteiger partial charge in [0, 0.05) is 18.8 Å². The van der Waals surface area contributed by atoms with Crippen LogP contribution in [0.4, 0.5) is 15.2 Å². The van der Waals surface area contributed by atoms with Gasteiger partial charge in [0.1, 0.15) is 5.82 Å². The molecule has 3 aromatic rings. The topological polar surface area (TPSA) is 45.2 Å². The number of nitrogens with zero attached hydrogens (tertiary/aromatic N) is 2. The van der Waals surface area contributed by atoms with Crippen molar-refractivity contribution in [1.29, 1.82) is 0 Å². The number of nitrogens with one attached hydrogen (secondary N) is 1. The number of halogens is 1. The summed E-state index contributed by atoms with van der Waals surface area (Å²) >= 11 is 1.64. The maximum atomic E-state index is 13.5. The molecule has 1 aromatic heterocycles. The average Bonchev–Trinajstić information content (AvgIpc) is 2.93. The lowest BCUT2D eigenvalue weighted by atomic mass is 10.00. The van der Waals surface area contributed by atoms with Crippen molar-refractivity contribution in [1.82, 2.24) is 4.98 Å². The maximum Gasteiger partial charge on any atom is 0.231 e. The quantitative estimate of drug-likeness (QED) is 0.788. The fourth-order valence-corrected chi connectivity index (χ4v) is 3.69. The van der Waals surface area contributed by atoms with E-state index >= 15 is 0 Å². The van der Waals surface area contributed by atoms with Crippen LogP contribution in [-0.2, 0) is 4.79 Å². The number of aryl methyl sites for hydroxylation is 1. The Morgan fingerprint density at radius 2 is 2.08 bits per heavy atom. The van der Waals surface area contributed by atoms with E-state index in [4.69, 9.17) is 0 Å². The molecule has 0 spiro atoms. The van der Waals surface area contributed by atoms with Gasteiger partial charge in [-0.2, -0.15) is 0 Å². The van der Waals surface area contributed by atoms with Gasteiger partial charge in [-0.3, -0.25) is 4.79 Å². The first-order valence-corrected chi connectivity index (χ1v) is 8.59. The van der Waals surface area contributed by atoms with Crippen LogP contribution in [0.1, 0.15) is 5.56 Å². The maximum absolute atomic E-state index is 13.5. The van der Waals surface area contributed by atoms with E-state index in [1.165, 1.54) is 6.07 Å². The van der Waals surface area contributed by atoms with Crippen molar-refractivity contribution in [2.45, 2.75) is 6.92 Å². The van der Waals surface area contributed by atoms with Crippen molar-refractivity contribution in [3.05, 3.63) is 53.8 Å². The van der Waals surface area contributed by atoms with Crippen LogP contribution >= 0.6 is 11.3 Å². The minimum absolute atomic E-state index is 0.0735. The van der Waals surface area contributed by atoms with E-state index in [-0.39, 0.29) is 17.6 Å². The van der Waals surface area contributed by atoms with E-state index in [1.54, 1.807) is 30.4 Å². The number of benzene rings is 2. The Morgan fingerprint density at radius 3 is 2.83 bits per heavy atom. The third-order valence-corrected chi connectivity index (χ3v) is 5.34. The molecule has 1 aliphatic heterocycles. The standard InChI is InChI=1S/C18H16FN3OS/c1-11-6-7-13(8-14(11)19)20-17(23)12-9-22(10-12)18-21-15-4-2-3-5-16(15)24-18/h2-8,12H,9-10H2,1H3,(H,20,23). The summed E-state index contributed by atoms with van der Waals surface area (Å²) in [5.41, 5.74) is 2.06. The molecule has 0 unspecified atom stereocenters. The number of hydrogen-bond donors (Lipinski definition) is 1. The third-order valence-electron chi connectivity index (χ3n) is 4.24. The van der Waals surface area contributed by atoms with Crippen molar-refractivity contribution >= 4 is 38.3 Å². The van der Waals surface area contributed by atoms with E-state index < -0.39 is 0 Å². The molecule has 0 radical (unpaired) electrons. The van der Waals surface area contributed by atoms with Gasteiger partial charge in [0.15, 0.2) is 5.13 Å². The van der Waals surface area contributed by atoms with Crippen molar-refractivity contribution in [3.8, 4) is 0 Å². The van der Waals surface area contributed by atoms with Crippen molar-refractivity contribution < 1.29 is 9.18 Å². The molecule has 2 heterocycles. The van der Waals surface area contributed by atoms with Crippen molar-refractivity contribution in [2.75, 3.05) is 23.3 Å². The van der Waals surface area contributed by atoms with Crippen LogP contribution in [0.15, 0.2) is 42.5 Å². The van der Waals surface area contributed by atoms with Crippen LogP contribution in [0.2, 0.25) is 0 Å². The fourth-order valence-electron chi connectivity index (χ4n) is 2.71. The summed E-state index contributed by atoms with van der Waals surface area (Å²) in [4.78, 5) is 19.0. The predicted molar refractivity (Wildman–Crippen MR) is 95.1 cm³/mol. The smallest absolute Gasteiger partial charge is 0.231 e. The number of para-hydroxylation sites is 1. The number of hydrogen-bond acceptors (Lipinski definition) is 4. The molecule has 4 rings (SSSR count). The average molecular weight is 341 g/mol. The second-order valence-corrected chi connectivity index (χ2v) is 7.03. The van der Waals surface area contributed by atoms with E-state index in [9.17, 15) is 9.18 Å². The second-order valence-electron chi connectivity index (χ2n) is 6.02.